The van der Waals surface area contributed by atoms with E-state index in [1.54, 1.807) is 25.0 Å². The summed E-state index contributed by atoms with van der Waals surface area (Å²) in [4.78, 5) is 34.8. The predicted octanol–water partition coefficient (Wildman–Crippen LogP) is 4.71. The van der Waals surface area contributed by atoms with E-state index in [4.69, 9.17) is 0 Å². The van der Waals surface area contributed by atoms with Crippen LogP contribution in [0.15, 0.2) is 98.1 Å². The lowest BCUT2D eigenvalue weighted by Crippen LogP contribution is -2.31. The quantitative estimate of drug-likeness (QED) is 0.333. The summed E-state index contributed by atoms with van der Waals surface area (Å²) in [5, 5.41) is 0. The van der Waals surface area contributed by atoms with Gasteiger partial charge in [0.25, 0.3) is 0 Å². The Morgan fingerprint density at radius 1 is 0.656 bits per heavy atom. The number of rotatable bonds is 6. The van der Waals surface area contributed by atoms with Crippen molar-refractivity contribution in [2.24, 2.45) is 11.8 Å². The summed E-state index contributed by atoms with van der Waals surface area (Å²) in [5.74, 6) is -0.695. The number of imidazole rings is 2. The Balaban J connectivity index is 1.36. The second kappa shape index (κ2) is 8.59. The molecule has 4 aromatic rings. The lowest BCUT2D eigenvalue weighted by molar-refractivity contribution is 0.0761. The number of nitrogens with zero attached hydrogens (tertiary/aromatic N) is 4. The smallest absolute Gasteiger partial charge is 0.166 e. The van der Waals surface area contributed by atoms with Gasteiger partial charge in [-0.25, -0.2) is 9.97 Å². The molecule has 2 atom stereocenters. The van der Waals surface area contributed by atoms with Crippen LogP contribution in [-0.4, -0.2) is 30.7 Å². The van der Waals surface area contributed by atoms with Gasteiger partial charge in [-0.15, -0.1) is 0 Å². The minimum atomic E-state index is -0.361. The predicted molar refractivity (Wildman–Crippen MR) is 121 cm³/mol. The topological polar surface area (TPSA) is 69.8 Å². The van der Waals surface area contributed by atoms with Crippen LogP contribution in [0.1, 0.15) is 33.6 Å². The summed E-state index contributed by atoms with van der Waals surface area (Å²) in [6.07, 6.45) is 15.7. The van der Waals surface area contributed by atoms with E-state index in [0.29, 0.717) is 24.0 Å². The van der Waals surface area contributed by atoms with Crippen LogP contribution in [0, 0.1) is 11.8 Å². The van der Waals surface area contributed by atoms with Gasteiger partial charge in [-0.05, 0) is 61.4 Å². The fourth-order valence-corrected chi connectivity index (χ4v) is 4.24. The minimum Gasteiger partial charge on any atom is -0.306 e. The summed E-state index contributed by atoms with van der Waals surface area (Å²) in [6, 6.07) is 14.9. The Labute approximate surface area is 185 Å². The molecule has 2 aromatic carbocycles. The number of carbonyl (C=O) groups excluding carboxylic acids is 2. The summed E-state index contributed by atoms with van der Waals surface area (Å²) < 4.78 is 3.77. The Bertz CT molecular complexity index is 1140. The van der Waals surface area contributed by atoms with E-state index in [-0.39, 0.29) is 23.4 Å². The van der Waals surface area contributed by atoms with Crippen molar-refractivity contribution < 1.29 is 9.59 Å². The van der Waals surface area contributed by atoms with Gasteiger partial charge in [0.2, 0.25) is 0 Å². The molecule has 0 bridgehead atoms. The Kier molecular flexibility index (Phi) is 5.34. The molecule has 0 spiro atoms. The molecule has 2 unspecified atom stereocenters. The van der Waals surface area contributed by atoms with Crippen LogP contribution in [0.4, 0.5) is 0 Å². The summed E-state index contributed by atoms with van der Waals surface area (Å²) >= 11 is 0. The largest absolute Gasteiger partial charge is 0.306 e. The molecule has 6 nitrogen and oxygen atoms in total. The summed E-state index contributed by atoms with van der Waals surface area (Å²) in [6.45, 7) is 0. The van der Waals surface area contributed by atoms with Crippen molar-refractivity contribution in [3.05, 3.63) is 109 Å². The van der Waals surface area contributed by atoms with Gasteiger partial charge < -0.3 is 9.13 Å². The average molecular weight is 422 g/mol. The monoisotopic (exact) mass is 422 g/mol. The number of allylic oxidation sites excluding steroid dienone is 2. The highest BCUT2D eigenvalue weighted by atomic mass is 16.1. The fourth-order valence-electron chi connectivity index (χ4n) is 4.24. The number of Topliss-reactive ketones (excluding diaryl/α,β-unsaturated/α-hetero) is 2. The van der Waals surface area contributed by atoms with Crippen LogP contribution < -0.4 is 0 Å². The van der Waals surface area contributed by atoms with E-state index in [9.17, 15) is 9.59 Å². The molecular formula is C26H22N4O2. The van der Waals surface area contributed by atoms with Gasteiger partial charge in [0.15, 0.2) is 11.6 Å². The maximum Gasteiger partial charge on any atom is 0.166 e. The van der Waals surface area contributed by atoms with E-state index in [2.05, 4.69) is 9.97 Å². The second-order valence-corrected chi connectivity index (χ2v) is 7.92. The highest BCUT2D eigenvalue weighted by Crippen LogP contribution is 2.32. The molecule has 2 heterocycles. The van der Waals surface area contributed by atoms with Crippen molar-refractivity contribution in [3.63, 3.8) is 0 Å². The van der Waals surface area contributed by atoms with E-state index in [0.717, 1.165) is 11.4 Å². The summed E-state index contributed by atoms with van der Waals surface area (Å²) in [5.41, 5.74) is 3.13. The van der Waals surface area contributed by atoms with Crippen molar-refractivity contribution in [1.82, 2.24) is 19.1 Å². The molecule has 0 saturated carbocycles. The molecule has 0 saturated heterocycles. The van der Waals surface area contributed by atoms with Crippen LogP contribution in [0.2, 0.25) is 0 Å². The lowest BCUT2D eigenvalue weighted by atomic mass is 9.75. The van der Waals surface area contributed by atoms with E-state index >= 15 is 0 Å². The van der Waals surface area contributed by atoms with Gasteiger partial charge in [-0.1, -0.05) is 12.2 Å². The molecular weight excluding hydrogens is 400 g/mol. The first-order chi connectivity index (χ1) is 15.7. The number of aromatic nitrogens is 4. The van der Waals surface area contributed by atoms with Crippen molar-refractivity contribution in [2.45, 2.75) is 12.8 Å². The van der Waals surface area contributed by atoms with Gasteiger partial charge in [0, 0.05) is 59.1 Å². The van der Waals surface area contributed by atoms with Crippen LogP contribution in [0.5, 0.6) is 0 Å². The highest BCUT2D eigenvalue weighted by molar-refractivity contribution is 6.05. The molecule has 0 radical (unpaired) electrons. The lowest BCUT2D eigenvalue weighted by Gasteiger charge is -2.26. The average Bonchev–Trinajstić information content (AvgIpc) is 3.58. The molecule has 1 aliphatic rings. The molecule has 6 heteroatoms. The van der Waals surface area contributed by atoms with E-state index in [1.807, 2.05) is 82.2 Å². The third-order valence-electron chi connectivity index (χ3n) is 6.01. The van der Waals surface area contributed by atoms with Gasteiger partial charge >= 0.3 is 0 Å². The third-order valence-corrected chi connectivity index (χ3v) is 6.01. The Morgan fingerprint density at radius 3 is 1.41 bits per heavy atom. The zero-order chi connectivity index (χ0) is 21.9. The molecule has 0 fully saturated rings. The SMILES string of the molecule is O=C(c1ccc(-n2ccnc2)cc1)C1CC=CCC1C(=O)c1ccc(-n2ccnc2)cc1. The number of hydrogen-bond donors (Lipinski definition) is 0. The number of benzene rings is 2. The first-order valence-electron chi connectivity index (χ1n) is 10.6. The maximum atomic E-state index is 13.3. The Hall–Kier alpha value is -4.06. The number of hydrogen-bond acceptors (Lipinski definition) is 4. The standard InChI is InChI=1S/C26H22N4O2/c31-25(19-5-9-21(10-6-19)29-15-13-27-17-29)23-3-1-2-4-24(23)26(32)20-7-11-22(12-8-20)30-16-14-28-18-30/h1-2,5-18,23-24H,3-4H2. The molecule has 0 amide bonds. The first-order valence-corrected chi connectivity index (χ1v) is 10.6. The first kappa shape index (κ1) is 19.9. The molecule has 2 aromatic heterocycles. The van der Waals surface area contributed by atoms with E-state index in [1.165, 1.54) is 0 Å². The van der Waals surface area contributed by atoms with E-state index < -0.39 is 0 Å². The van der Waals surface area contributed by atoms with Gasteiger partial charge in [-0.2, -0.15) is 0 Å². The van der Waals surface area contributed by atoms with Crippen LogP contribution >= 0.6 is 0 Å². The number of ketones is 2. The van der Waals surface area contributed by atoms with Gasteiger partial charge in [0.05, 0.1) is 12.7 Å². The number of carbonyl (C=O) groups is 2. The molecule has 32 heavy (non-hydrogen) atoms. The van der Waals surface area contributed by atoms with Gasteiger partial charge in [-0.3, -0.25) is 9.59 Å². The van der Waals surface area contributed by atoms with Crippen LogP contribution in [-0.2, 0) is 0 Å². The minimum absolute atomic E-state index is 0.0138. The molecule has 0 N–H and O–H groups in total. The molecule has 158 valence electrons. The zero-order valence-corrected chi connectivity index (χ0v) is 17.4. The zero-order valence-electron chi connectivity index (χ0n) is 17.4. The van der Waals surface area contributed by atoms with Crippen LogP contribution in [0.3, 0.4) is 0 Å². The Morgan fingerprint density at radius 2 is 1.06 bits per heavy atom. The van der Waals surface area contributed by atoms with Crippen molar-refractivity contribution in [3.8, 4) is 11.4 Å². The summed E-state index contributed by atoms with van der Waals surface area (Å²) in [7, 11) is 0. The maximum absolute atomic E-state index is 13.3. The highest BCUT2D eigenvalue weighted by Gasteiger charge is 2.34. The fraction of sp³-hybridized carbons (Fsp3) is 0.154. The molecule has 1 aliphatic carbocycles. The third kappa shape index (κ3) is 3.83. The normalized spacial score (nSPS) is 17.9. The molecule has 5 rings (SSSR count). The van der Waals surface area contributed by atoms with Crippen LogP contribution in [0.25, 0.3) is 11.4 Å². The second-order valence-electron chi connectivity index (χ2n) is 7.92. The van der Waals surface area contributed by atoms with Crippen molar-refractivity contribution in [1.29, 1.82) is 0 Å². The van der Waals surface area contributed by atoms with Crippen molar-refractivity contribution >= 4 is 11.6 Å². The van der Waals surface area contributed by atoms with Gasteiger partial charge in [0.1, 0.15) is 0 Å². The molecule has 0 aliphatic heterocycles. The van der Waals surface area contributed by atoms with Crippen molar-refractivity contribution in [2.75, 3.05) is 0 Å².